The summed E-state index contributed by atoms with van der Waals surface area (Å²) in [6, 6.07) is 0. The summed E-state index contributed by atoms with van der Waals surface area (Å²) >= 11 is 0. The van der Waals surface area contributed by atoms with Gasteiger partial charge in [0.1, 0.15) is 5.76 Å². The smallest absolute Gasteiger partial charge is 0.118 e. The van der Waals surface area contributed by atoms with Crippen molar-refractivity contribution in [3.8, 4) is 0 Å². The van der Waals surface area contributed by atoms with Crippen LogP contribution in [0.5, 0.6) is 0 Å². The summed E-state index contributed by atoms with van der Waals surface area (Å²) in [4.78, 5) is 0. The average Bonchev–Trinajstić information content (AvgIpc) is 2.59. The van der Waals surface area contributed by atoms with Crippen molar-refractivity contribution in [1.29, 1.82) is 0 Å². The minimum atomic E-state index is -0.397. The van der Waals surface area contributed by atoms with Crippen LogP contribution >= 0.6 is 0 Å². The second kappa shape index (κ2) is 12.7. The highest BCUT2D eigenvalue weighted by Crippen LogP contribution is 2.18. The number of ether oxygens (including phenoxy) is 2. The predicted molar refractivity (Wildman–Crippen MR) is 98.1 cm³/mol. The first-order valence-corrected chi connectivity index (χ1v) is 7.94. The Morgan fingerprint density at radius 3 is 2.57 bits per heavy atom. The molecule has 0 aliphatic heterocycles. The van der Waals surface area contributed by atoms with Gasteiger partial charge in [-0.25, -0.2) is 0 Å². The molecule has 0 aromatic rings. The Morgan fingerprint density at radius 2 is 2.04 bits per heavy atom. The van der Waals surface area contributed by atoms with Crippen LogP contribution in [0.25, 0.3) is 0 Å². The van der Waals surface area contributed by atoms with Gasteiger partial charge in [-0.2, -0.15) is 0 Å². The number of hydrogen-bond acceptors (Lipinski definition) is 3. The second-order valence-electron chi connectivity index (χ2n) is 4.82. The van der Waals surface area contributed by atoms with Crippen LogP contribution in [-0.2, 0) is 9.47 Å². The van der Waals surface area contributed by atoms with E-state index in [9.17, 15) is 5.11 Å². The molecule has 0 amide bonds. The fourth-order valence-electron chi connectivity index (χ4n) is 1.87. The highest BCUT2D eigenvalue weighted by Gasteiger charge is 2.11. The maximum Gasteiger partial charge on any atom is 0.118 e. The lowest BCUT2D eigenvalue weighted by Gasteiger charge is -2.16. The largest absolute Gasteiger partial charge is 0.497 e. The van der Waals surface area contributed by atoms with Gasteiger partial charge in [0.15, 0.2) is 0 Å². The zero-order chi connectivity index (χ0) is 17.7. The lowest BCUT2D eigenvalue weighted by Crippen LogP contribution is -2.15. The van der Waals surface area contributed by atoms with Gasteiger partial charge in [-0.05, 0) is 23.3 Å². The van der Waals surface area contributed by atoms with E-state index in [1.807, 2.05) is 63.3 Å². The molecule has 3 heteroatoms. The summed E-state index contributed by atoms with van der Waals surface area (Å²) in [7, 11) is 3.27. The number of hydrogen-bond donors (Lipinski definition) is 1. The average molecular weight is 318 g/mol. The Bertz CT molecular complexity index is 493. The Labute approximate surface area is 141 Å². The molecule has 0 aromatic heterocycles. The zero-order valence-electron chi connectivity index (χ0n) is 15.0. The molecule has 3 nitrogen and oxygen atoms in total. The Balaban J connectivity index is 0.00000232. The molecule has 0 saturated heterocycles. The molecule has 0 saturated carbocycles. The summed E-state index contributed by atoms with van der Waals surface area (Å²) in [5.41, 5.74) is 2.05. The minimum Gasteiger partial charge on any atom is -0.497 e. The van der Waals surface area contributed by atoms with Crippen LogP contribution in [-0.4, -0.2) is 32.0 Å². The molecule has 2 unspecified atom stereocenters. The normalized spacial score (nSPS) is 21.6. The van der Waals surface area contributed by atoms with Gasteiger partial charge in [0.25, 0.3) is 0 Å². The van der Waals surface area contributed by atoms with Crippen molar-refractivity contribution in [3.05, 3.63) is 72.1 Å². The molecule has 128 valence electrons. The monoisotopic (exact) mass is 318 g/mol. The van der Waals surface area contributed by atoms with Crippen molar-refractivity contribution in [1.82, 2.24) is 0 Å². The van der Waals surface area contributed by atoms with Crippen molar-refractivity contribution in [2.24, 2.45) is 5.92 Å². The molecule has 0 heterocycles. The number of methoxy groups -OCH3 is 2. The van der Waals surface area contributed by atoms with Crippen LogP contribution in [0.2, 0.25) is 0 Å². The molecule has 1 aliphatic carbocycles. The molecule has 23 heavy (non-hydrogen) atoms. The molecule has 1 N–H and O–H groups in total. The first-order valence-electron chi connectivity index (χ1n) is 7.94. The third kappa shape index (κ3) is 8.38. The molecule has 1 aliphatic rings. The van der Waals surface area contributed by atoms with E-state index in [-0.39, 0.29) is 5.92 Å². The van der Waals surface area contributed by atoms with Gasteiger partial charge < -0.3 is 14.6 Å². The standard InChI is InChI=1S/C18H24O3.C2H6/c1-5-17(21-4)13-16(10-11-20-3)7-6-15-8-9-18(19)14(2)12-15;1-2/h5-10,12-14,18-19H,1,11H2,2-4H3;1-2H3/b7-6+,16-10-,17-13+;. The van der Waals surface area contributed by atoms with E-state index >= 15 is 0 Å². The van der Waals surface area contributed by atoms with E-state index in [4.69, 9.17) is 9.47 Å². The predicted octanol–water partition coefficient (Wildman–Crippen LogP) is 4.35. The van der Waals surface area contributed by atoms with Crippen LogP contribution in [0.4, 0.5) is 0 Å². The van der Waals surface area contributed by atoms with Gasteiger partial charge in [0, 0.05) is 13.0 Å². The Kier molecular flexibility index (Phi) is 11.7. The molecule has 0 aromatic carbocycles. The minimum absolute atomic E-state index is 0.124. The number of allylic oxidation sites excluding steroid dienone is 7. The van der Waals surface area contributed by atoms with Gasteiger partial charge in [-0.3, -0.25) is 0 Å². The molecule has 0 radical (unpaired) electrons. The quantitative estimate of drug-likeness (QED) is 0.560. The van der Waals surface area contributed by atoms with E-state index in [1.54, 1.807) is 20.3 Å². The SMILES string of the molecule is C=C\C(=C/C(=C\COC)/C=C/C1=CC(C)C(O)C=C1)OC.CC. The Hall–Kier alpha value is -1.84. The first kappa shape index (κ1) is 21.2. The van der Waals surface area contributed by atoms with E-state index in [0.29, 0.717) is 12.4 Å². The Morgan fingerprint density at radius 1 is 1.35 bits per heavy atom. The second-order valence-corrected chi connectivity index (χ2v) is 4.82. The molecule has 0 bridgehead atoms. The first-order chi connectivity index (χ1) is 11.1. The highest BCUT2D eigenvalue weighted by atomic mass is 16.5. The van der Waals surface area contributed by atoms with Crippen molar-refractivity contribution >= 4 is 0 Å². The van der Waals surface area contributed by atoms with Crippen molar-refractivity contribution in [2.75, 3.05) is 20.8 Å². The topological polar surface area (TPSA) is 38.7 Å². The molecule has 2 atom stereocenters. The van der Waals surface area contributed by atoms with Gasteiger partial charge in [0.2, 0.25) is 0 Å². The van der Waals surface area contributed by atoms with Crippen LogP contribution in [0, 0.1) is 5.92 Å². The van der Waals surface area contributed by atoms with E-state index < -0.39 is 6.10 Å². The summed E-state index contributed by atoms with van der Waals surface area (Å²) in [6.07, 6.45) is 14.9. The van der Waals surface area contributed by atoms with Crippen LogP contribution in [0.3, 0.4) is 0 Å². The van der Waals surface area contributed by atoms with Crippen molar-refractivity contribution < 1.29 is 14.6 Å². The number of aliphatic hydroxyl groups excluding tert-OH is 1. The fourth-order valence-corrected chi connectivity index (χ4v) is 1.87. The number of rotatable bonds is 7. The van der Waals surface area contributed by atoms with Crippen molar-refractivity contribution in [2.45, 2.75) is 26.9 Å². The summed E-state index contributed by atoms with van der Waals surface area (Å²) in [6.45, 7) is 10.2. The van der Waals surface area contributed by atoms with Gasteiger partial charge in [-0.1, -0.05) is 63.8 Å². The summed E-state index contributed by atoms with van der Waals surface area (Å²) in [5.74, 6) is 0.818. The molecule has 1 rings (SSSR count). The summed E-state index contributed by atoms with van der Waals surface area (Å²) in [5, 5.41) is 9.65. The lowest BCUT2D eigenvalue weighted by atomic mass is 9.95. The maximum absolute atomic E-state index is 9.65. The highest BCUT2D eigenvalue weighted by molar-refractivity contribution is 5.42. The fraction of sp³-hybridized carbons (Fsp3) is 0.400. The molecule has 0 fully saturated rings. The maximum atomic E-state index is 9.65. The number of aliphatic hydroxyl groups is 1. The van der Waals surface area contributed by atoms with E-state index in [1.165, 1.54) is 0 Å². The lowest BCUT2D eigenvalue weighted by molar-refractivity contribution is 0.183. The van der Waals surface area contributed by atoms with Gasteiger partial charge in [0.05, 0.1) is 19.8 Å². The van der Waals surface area contributed by atoms with E-state index in [0.717, 1.165) is 11.1 Å². The molecule has 0 spiro atoms. The van der Waals surface area contributed by atoms with Crippen LogP contribution in [0.1, 0.15) is 20.8 Å². The van der Waals surface area contributed by atoms with Crippen LogP contribution in [0.15, 0.2) is 72.1 Å². The molecular formula is C20H30O3. The zero-order valence-corrected chi connectivity index (χ0v) is 15.0. The molecular weight excluding hydrogens is 288 g/mol. The third-order valence-electron chi connectivity index (χ3n) is 3.18. The van der Waals surface area contributed by atoms with Crippen LogP contribution < -0.4 is 0 Å². The van der Waals surface area contributed by atoms with Crippen molar-refractivity contribution in [3.63, 3.8) is 0 Å². The van der Waals surface area contributed by atoms with E-state index in [2.05, 4.69) is 6.58 Å². The third-order valence-corrected chi connectivity index (χ3v) is 3.18. The summed E-state index contributed by atoms with van der Waals surface area (Å²) < 4.78 is 10.3. The van der Waals surface area contributed by atoms with Gasteiger partial charge >= 0.3 is 0 Å². The van der Waals surface area contributed by atoms with Gasteiger partial charge in [-0.15, -0.1) is 0 Å².